The highest BCUT2D eigenvalue weighted by Crippen LogP contribution is 2.39. The number of thiophene rings is 1. The lowest BCUT2D eigenvalue weighted by Crippen LogP contribution is -2.23. The van der Waals surface area contributed by atoms with Crippen LogP contribution in [-0.4, -0.2) is 22.4 Å². The second-order valence-electron chi connectivity index (χ2n) is 6.58. The second kappa shape index (κ2) is 5.81. The third-order valence-corrected chi connectivity index (χ3v) is 6.22. The first-order valence-electron chi connectivity index (χ1n) is 8.72. The Hall–Kier alpha value is -2.47. The molecule has 3 aromatic rings. The van der Waals surface area contributed by atoms with Crippen molar-refractivity contribution in [2.24, 2.45) is 0 Å². The first kappa shape index (κ1) is 14.8. The molecule has 1 saturated heterocycles. The van der Waals surface area contributed by atoms with Crippen LogP contribution in [0.15, 0.2) is 30.6 Å². The van der Waals surface area contributed by atoms with Crippen LogP contribution in [0.4, 0.5) is 17.2 Å². The van der Waals surface area contributed by atoms with Gasteiger partial charge in [-0.25, -0.2) is 9.97 Å². The van der Waals surface area contributed by atoms with E-state index in [2.05, 4.69) is 15.3 Å². The largest absolute Gasteiger partial charge is 0.340 e. The van der Waals surface area contributed by atoms with Crippen LogP contribution >= 0.6 is 11.3 Å². The molecule has 0 unspecified atom stereocenters. The van der Waals surface area contributed by atoms with Gasteiger partial charge in [0.15, 0.2) is 0 Å². The van der Waals surface area contributed by atoms with Crippen LogP contribution < -0.4 is 10.2 Å². The fourth-order valence-corrected chi connectivity index (χ4v) is 5.03. The maximum Gasteiger partial charge on any atom is 0.227 e. The van der Waals surface area contributed by atoms with Crippen LogP contribution in [0.3, 0.4) is 0 Å². The second-order valence-corrected chi connectivity index (χ2v) is 7.66. The van der Waals surface area contributed by atoms with Crippen LogP contribution in [0.5, 0.6) is 0 Å². The Morgan fingerprint density at radius 1 is 1.04 bits per heavy atom. The fraction of sp³-hybridized carbons (Fsp3) is 0.316. The number of amides is 1. The third kappa shape index (κ3) is 2.48. The highest BCUT2D eigenvalue weighted by Gasteiger charge is 2.22. The van der Waals surface area contributed by atoms with Gasteiger partial charge >= 0.3 is 0 Å². The lowest BCUT2D eigenvalue weighted by atomic mass is 10.2. The molecule has 1 amide bonds. The molecule has 0 atom stereocenters. The normalized spacial score (nSPS) is 16.6. The first-order chi connectivity index (χ1) is 12.3. The standard InChI is InChI=1S/C19H18N4OS/c24-16-5-2-10-23(16)13-8-6-12(7-9-13)22-18-17-14-3-1-4-15(14)25-19(17)21-11-20-18/h6-9,11H,1-5,10H2,(H,20,21,22). The Labute approximate surface area is 149 Å². The molecule has 2 aliphatic rings. The van der Waals surface area contributed by atoms with Gasteiger partial charge in [-0.05, 0) is 55.5 Å². The van der Waals surface area contributed by atoms with E-state index in [1.165, 1.54) is 22.2 Å². The summed E-state index contributed by atoms with van der Waals surface area (Å²) in [6.07, 6.45) is 6.74. The van der Waals surface area contributed by atoms with E-state index in [4.69, 9.17) is 0 Å². The minimum atomic E-state index is 0.215. The van der Waals surface area contributed by atoms with E-state index in [1.807, 2.05) is 29.2 Å². The Balaban J connectivity index is 1.46. The van der Waals surface area contributed by atoms with Crippen LogP contribution in [0.1, 0.15) is 29.7 Å². The van der Waals surface area contributed by atoms with Crippen molar-refractivity contribution in [3.05, 3.63) is 41.0 Å². The molecule has 1 aromatic carbocycles. The summed E-state index contributed by atoms with van der Waals surface area (Å²) in [4.78, 5) is 25.2. The van der Waals surface area contributed by atoms with Gasteiger partial charge in [-0.15, -0.1) is 11.3 Å². The predicted molar refractivity (Wildman–Crippen MR) is 101 cm³/mol. The fourth-order valence-electron chi connectivity index (χ4n) is 3.81. The molecule has 3 heterocycles. The maximum absolute atomic E-state index is 11.9. The molecule has 2 aromatic heterocycles. The third-order valence-electron chi connectivity index (χ3n) is 5.02. The Kier molecular flexibility index (Phi) is 3.45. The number of aryl methyl sites for hydroxylation is 2. The van der Waals surface area contributed by atoms with Crippen molar-refractivity contribution in [2.45, 2.75) is 32.1 Å². The summed E-state index contributed by atoms with van der Waals surface area (Å²) < 4.78 is 0. The van der Waals surface area contributed by atoms with Gasteiger partial charge in [0, 0.05) is 29.2 Å². The summed E-state index contributed by atoms with van der Waals surface area (Å²) in [5.74, 6) is 1.10. The van der Waals surface area contributed by atoms with E-state index in [9.17, 15) is 4.79 Å². The number of benzene rings is 1. The van der Waals surface area contributed by atoms with Crippen molar-refractivity contribution in [3.8, 4) is 0 Å². The molecular weight excluding hydrogens is 332 g/mol. The number of rotatable bonds is 3. The van der Waals surface area contributed by atoms with E-state index in [-0.39, 0.29) is 5.91 Å². The highest BCUT2D eigenvalue weighted by atomic mass is 32.1. The van der Waals surface area contributed by atoms with E-state index in [0.717, 1.165) is 47.8 Å². The lowest BCUT2D eigenvalue weighted by molar-refractivity contribution is -0.117. The first-order valence-corrected chi connectivity index (χ1v) is 9.54. The van der Waals surface area contributed by atoms with Gasteiger partial charge < -0.3 is 10.2 Å². The molecule has 1 aliphatic heterocycles. The molecular formula is C19H18N4OS. The van der Waals surface area contributed by atoms with Crippen LogP contribution in [0, 0.1) is 0 Å². The minimum absolute atomic E-state index is 0.215. The average Bonchev–Trinajstić information content (AvgIpc) is 3.31. The van der Waals surface area contributed by atoms with E-state index >= 15 is 0 Å². The number of hydrogen-bond donors (Lipinski definition) is 1. The molecule has 1 aliphatic carbocycles. The SMILES string of the molecule is O=C1CCCN1c1ccc(Nc2ncnc3sc4c(c23)CCC4)cc1. The monoisotopic (exact) mass is 350 g/mol. The van der Waals surface area contributed by atoms with E-state index in [0.29, 0.717) is 6.42 Å². The van der Waals surface area contributed by atoms with E-state index < -0.39 is 0 Å². The molecule has 5 nitrogen and oxygen atoms in total. The maximum atomic E-state index is 11.9. The van der Waals surface area contributed by atoms with Gasteiger partial charge in [-0.3, -0.25) is 4.79 Å². The van der Waals surface area contributed by atoms with Crippen molar-refractivity contribution in [3.63, 3.8) is 0 Å². The Morgan fingerprint density at radius 3 is 2.72 bits per heavy atom. The molecule has 6 heteroatoms. The smallest absolute Gasteiger partial charge is 0.227 e. The summed E-state index contributed by atoms with van der Waals surface area (Å²) >= 11 is 1.80. The number of carbonyl (C=O) groups excluding carboxylic acids is 1. The van der Waals surface area contributed by atoms with Crippen molar-refractivity contribution in [1.82, 2.24) is 9.97 Å². The van der Waals surface area contributed by atoms with Gasteiger partial charge in [0.25, 0.3) is 0 Å². The zero-order chi connectivity index (χ0) is 16.8. The van der Waals surface area contributed by atoms with Crippen LogP contribution in [0.2, 0.25) is 0 Å². The molecule has 5 rings (SSSR count). The summed E-state index contributed by atoms with van der Waals surface area (Å²) in [7, 11) is 0. The van der Waals surface area contributed by atoms with Gasteiger partial charge in [-0.1, -0.05) is 0 Å². The minimum Gasteiger partial charge on any atom is -0.340 e. The summed E-state index contributed by atoms with van der Waals surface area (Å²) in [5, 5.41) is 4.62. The summed E-state index contributed by atoms with van der Waals surface area (Å²) in [5.41, 5.74) is 3.37. The quantitative estimate of drug-likeness (QED) is 0.774. The molecule has 1 N–H and O–H groups in total. The number of fused-ring (bicyclic) bond motifs is 3. The number of nitrogens with one attached hydrogen (secondary N) is 1. The Bertz CT molecular complexity index is 963. The van der Waals surface area contributed by atoms with Crippen molar-refractivity contribution in [2.75, 3.05) is 16.8 Å². The van der Waals surface area contributed by atoms with Gasteiger partial charge in [-0.2, -0.15) is 0 Å². The van der Waals surface area contributed by atoms with Crippen molar-refractivity contribution >= 4 is 44.7 Å². The molecule has 126 valence electrons. The molecule has 25 heavy (non-hydrogen) atoms. The van der Waals surface area contributed by atoms with Gasteiger partial charge in [0.2, 0.25) is 5.91 Å². The summed E-state index contributed by atoms with van der Waals surface area (Å²) in [6, 6.07) is 8.03. The zero-order valence-corrected chi connectivity index (χ0v) is 14.6. The van der Waals surface area contributed by atoms with Crippen LogP contribution in [-0.2, 0) is 17.6 Å². The van der Waals surface area contributed by atoms with Gasteiger partial charge in [0.1, 0.15) is 17.0 Å². The zero-order valence-electron chi connectivity index (χ0n) is 13.8. The number of nitrogens with zero attached hydrogens (tertiary/aromatic N) is 3. The predicted octanol–water partition coefficient (Wildman–Crippen LogP) is 4.05. The Morgan fingerprint density at radius 2 is 1.92 bits per heavy atom. The number of carbonyl (C=O) groups is 1. The number of anilines is 3. The van der Waals surface area contributed by atoms with Gasteiger partial charge in [0.05, 0.1) is 5.39 Å². The van der Waals surface area contributed by atoms with Crippen molar-refractivity contribution < 1.29 is 4.79 Å². The molecule has 0 saturated carbocycles. The van der Waals surface area contributed by atoms with Crippen molar-refractivity contribution in [1.29, 1.82) is 0 Å². The molecule has 1 fully saturated rings. The van der Waals surface area contributed by atoms with E-state index in [1.54, 1.807) is 17.7 Å². The van der Waals surface area contributed by atoms with Crippen LogP contribution in [0.25, 0.3) is 10.2 Å². The molecule has 0 bridgehead atoms. The highest BCUT2D eigenvalue weighted by molar-refractivity contribution is 7.19. The number of aromatic nitrogens is 2. The molecule has 0 spiro atoms. The number of hydrogen-bond acceptors (Lipinski definition) is 5. The average molecular weight is 350 g/mol. The topological polar surface area (TPSA) is 58.1 Å². The molecule has 0 radical (unpaired) electrons. The summed E-state index contributed by atoms with van der Waals surface area (Å²) in [6.45, 7) is 0.819. The lowest BCUT2D eigenvalue weighted by Gasteiger charge is -2.16.